The van der Waals surface area contributed by atoms with Crippen molar-refractivity contribution in [2.45, 2.75) is 5.75 Å². The molecule has 1 N–H and O–H groups in total. The van der Waals surface area contributed by atoms with Gasteiger partial charge in [0.25, 0.3) is 5.91 Å². The van der Waals surface area contributed by atoms with Crippen LogP contribution in [0.2, 0.25) is 4.34 Å². The van der Waals surface area contributed by atoms with Crippen molar-refractivity contribution in [2.24, 2.45) is 0 Å². The van der Waals surface area contributed by atoms with Gasteiger partial charge < -0.3 is 19.5 Å². The summed E-state index contributed by atoms with van der Waals surface area (Å²) >= 11 is 8.72. The summed E-state index contributed by atoms with van der Waals surface area (Å²) < 4.78 is 16.0. The van der Waals surface area contributed by atoms with Crippen molar-refractivity contribution in [1.29, 1.82) is 0 Å². The van der Waals surface area contributed by atoms with Crippen LogP contribution < -0.4 is 14.8 Å². The summed E-state index contributed by atoms with van der Waals surface area (Å²) in [4.78, 5) is 24.8. The molecule has 6 nitrogen and oxygen atoms in total. The number of thiophene rings is 1. The van der Waals surface area contributed by atoms with Crippen LogP contribution in [0.3, 0.4) is 0 Å². The van der Waals surface area contributed by atoms with E-state index in [4.69, 9.17) is 25.8 Å². The van der Waals surface area contributed by atoms with Crippen LogP contribution >= 0.6 is 34.7 Å². The van der Waals surface area contributed by atoms with Crippen LogP contribution in [-0.4, -0.2) is 38.5 Å². The highest BCUT2D eigenvalue weighted by atomic mass is 35.5. The fraction of sp³-hybridized carbons (Fsp3) is 0.294. The minimum absolute atomic E-state index is 0.158. The van der Waals surface area contributed by atoms with Crippen LogP contribution in [0.15, 0.2) is 30.3 Å². The topological polar surface area (TPSA) is 73.9 Å². The van der Waals surface area contributed by atoms with Gasteiger partial charge in [-0.25, -0.2) is 0 Å². The number of nitrogens with one attached hydrogen (secondary N) is 1. The molecule has 0 saturated heterocycles. The number of methoxy groups -OCH3 is 2. The number of thioether (sulfide) groups is 1. The predicted molar refractivity (Wildman–Crippen MR) is 105 cm³/mol. The maximum atomic E-state index is 12.0. The summed E-state index contributed by atoms with van der Waals surface area (Å²) in [5, 5.41) is 2.64. The van der Waals surface area contributed by atoms with Gasteiger partial charge in [0.15, 0.2) is 6.61 Å². The van der Waals surface area contributed by atoms with Gasteiger partial charge in [-0.1, -0.05) is 11.6 Å². The quantitative estimate of drug-likeness (QED) is 0.627. The van der Waals surface area contributed by atoms with Gasteiger partial charge in [0.1, 0.15) is 11.5 Å². The standard InChI is InChI=1S/C17H18ClNO5S2/c1-22-11-3-5-14(23-2)13(7-11)19-16(20)8-24-17(21)10-25-9-12-4-6-15(18)26-12/h3-7H,8-10H2,1-2H3,(H,19,20). The lowest BCUT2D eigenvalue weighted by molar-refractivity contribution is -0.144. The number of benzene rings is 1. The Bertz CT molecular complexity index is 765. The fourth-order valence-corrected chi connectivity index (χ4v) is 3.97. The number of carbonyl (C=O) groups is 2. The van der Waals surface area contributed by atoms with Gasteiger partial charge >= 0.3 is 5.97 Å². The smallest absolute Gasteiger partial charge is 0.316 e. The lowest BCUT2D eigenvalue weighted by Gasteiger charge is -2.12. The van der Waals surface area contributed by atoms with E-state index < -0.39 is 11.9 Å². The zero-order valence-electron chi connectivity index (χ0n) is 14.2. The van der Waals surface area contributed by atoms with Crippen molar-refractivity contribution in [3.63, 3.8) is 0 Å². The molecule has 0 bridgehead atoms. The highest BCUT2D eigenvalue weighted by Crippen LogP contribution is 2.29. The Kier molecular flexibility index (Phi) is 8.08. The SMILES string of the molecule is COc1ccc(OC)c(NC(=O)COC(=O)CSCc2ccc(Cl)s2)c1. The first-order valence-electron chi connectivity index (χ1n) is 7.51. The number of anilines is 1. The van der Waals surface area contributed by atoms with Crippen molar-refractivity contribution in [2.75, 3.05) is 31.9 Å². The third-order valence-corrected chi connectivity index (χ3v) is 5.51. The summed E-state index contributed by atoms with van der Waals surface area (Å²) in [5.74, 6) is 0.967. The maximum Gasteiger partial charge on any atom is 0.316 e. The van der Waals surface area contributed by atoms with E-state index in [2.05, 4.69) is 5.32 Å². The molecule has 26 heavy (non-hydrogen) atoms. The largest absolute Gasteiger partial charge is 0.497 e. The van der Waals surface area contributed by atoms with Gasteiger partial charge in [-0.15, -0.1) is 23.1 Å². The van der Waals surface area contributed by atoms with Gasteiger partial charge in [-0.05, 0) is 24.3 Å². The zero-order chi connectivity index (χ0) is 18.9. The summed E-state index contributed by atoms with van der Waals surface area (Å²) in [6.45, 7) is -0.370. The number of carbonyl (C=O) groups excluding carboxylic acids is 2. The lowest BCUT2D eigenvalue weighted by atomic mass is 10.2. The normalized spacial score (nSPS) is 10.3. The van der Waals surface area contributed by atoms with Crippen LogP contribution in [0.25, 0.3) is 0 Å². The number of hydrogen-bond acceptors (Lipinski definition) is 7. The molecular weight excluding hydrogens is 398 g/mol. The Labute approximate surface area is 164 Å². The average Bonchev–Trinajstić information content (AvgIpc) is 3.05. The van der Waals surface area contributed by atoms with E-state index in [0.29, 0.717) is 27.3 Å². The monoisotopic (exact) mass is 415 g/mol. The van der Waals surface area contributed by atoms with Crippen molar-refractivity contribution >= 4 is 52.3 Å². The number of ether oxygens (including phenoxy) is 3. The minimum Gasteiger partial charge on any atom is -0.497 e. The highest BCUT2D eigenvalue weighted by Gasteiger charge is 2.12. The van der Waals surface area contributed by atoms with Crippen LogP contribution in [0.1, 0.15) is 4.88 Å². The van der Waals surface area contributed by atoms with E-state index in [1.165, 1.54) is 37.3 Å². The Morgan fingerprint density at radius 2 is 2.00 bits per heavy atom. The Balaban J connectivity index is 1.75. The van der Waals surface area contributed by atoms with Crippen molar-refractivity contribution < 1.29 is 23.8 Å². The average molecular weight is 416 g/mol. The number of rotatable bonds is 9. The molecule has 2 rings (SSSR count). The Morgan fingerprint density at radius 1 is 1.19 bits per heavy atom. The Hall–Kier alpha value is -1.90. The molecule has 0 aliphatic rings. The minimum atomic E-state index is -0.458. The molecule has 0 unspecified atom stereocenters. The number of halogens is 1. The van der Waals surface area contributed by atoms with Crippen LogP contribution in [0, 0.1) is 0 Å². The third-order valence-electron chi connectivity index (χ3n) is 3.14. The van der Waals surface area contributed by atoms with Gasteiger partial charge in [0.05, 0.1) is 30.0 Å². The molecule has 0 aliphatic heterocycles. The summed E-state index contributed by atoms with van der Waals surface area (Å²) in [6.07, 6.45) is 0. The van der Waals surface area contributed by atoms with Gasteiger partial charge in [0, 0.05) is 16.7 Å². The number of hydrogen-bond donors (Lipinski definition) is 1. The molecule has 0 radical (unpaired) electrons. The fourth-order valence-electron chi connectivity index (χ4n) is 1.95. The highest BCUT2D eigenvalue weighted by molar-refractivity contribution is 7.99. The molecule has 1 aromatic heterocycles. The molecule has 0 spiro atoms. The van der Waals surface area contributed by atoms with Crippen LogP contribution in [0.4, 0.5) is 5.69 Å². The van der Waals surface area contributed by atoms with Gasteiger partial charge in [-0.3, -0.25) is 9.59 Å². The molecule has 1 aromatic carbocycles. The zero-order valence-corrected chi connectivity index (χ0v) is 16.6. The molecule has 0 aliphatic carbocycles. The molecular formula is C17H18ClNO5S2. The molecule has 140 valence electrons. The first kappa shape index (κ1) is 20.4. The van der Waals surface area contributed by atoms with Gasteiger partial charge in [0.2, 0.25) is 0 Å². The second-order valence-corrected chi connectivity index (χ2v) is 7.76. The summed E-state index contributed by atoms with van der Waals surface area (Å²) in [7, 11) is 3.02. The van der Waals surface area contributed by atoms with Gasteiger partial charge in [-0.2, -0.15) is 0 Å². The van der Waals surface area contributed by atoms with E-state index in [1.807, 2.05) is 12.1 Å². The first-order valence-corrected chi connectivity index (χ1v) is 9.86. The van der Waals surface area contributed by atoms with Crippen LogP contribution in [-0.2, 0) is 20.1 Å². The lowest BCUT2D eigenvalue weighted by Crippen LogP contribution is -2.22. The second kappa shape index (κ2) is 10.3. The van der Waals surface area contributed by atoms with E-state index >= 15 is 0 Å². The number of amides is 1. The Morgan fingerprint density at radius 3 is 2.65 bits per heavy atom. The predicted octanol–water partition coefficient (Wildman–Crippen LogP) is 3.83. The molecule has 0 fully saturated rings. The van der Waals surface area contributed by atoms with Crippen molar-refractivity contribution in [3.05, 3.63) is 39.5 Å². The maximum absolute atomic E-state index is 12.0. The van der Waals surface area contributed by atoms with E-state index in [1.54, 1.807) is 18.2 Å². The molecule has 0 atom stereocenters. The molecule has 9 heteroatoms. The molecule has 1 amide bonds. The molecule has 2 aromatic rings. The molecule has 1 heterocycles. The molecule has 0 saturated carbocycles. The number of esters is 1. The summed E-state index contributed by atoms with van der Waals surface area (Å²) in [5.41, 5.74) is 0.442. The third kappa shape index (κ3) is 6.44. The first-order chi connectivity index (χ1) is 12.5. The van der Waals surface area contributed by atoms with Crippen molar-refractivity contribution in [1.82, 2.24) is 0 Å². The van der Waals surface area contributed by atoms with E-state index in [-0.39, 0.29) is 12.4 Å². The van der Waals surface area contributed by atoms with Crippen molar-refractivity contribution in [3.8, 4) is 11.5 Å². The van der Waals surface area contributed by atoms with E-state index in [0.717, 1.165) is 4.88 Å². The van der Waals surface area contributed by atoms with E-state index in [9.17, 15) is 9.59 Å². The second-order valence-electron chi connectivity index (χ2n) is 4.97. The summed E-state index contributed by atoms with van der Waals surface area (Å²) in [6, 6.07) is 8.75. The van der Waals surface area contributed by atoms with Crippen LogP contribution in [0.5, 0.6) is 11.5 Å².